The molecule has 4 N–H and O–H groups in total. The van der Waals surface area contributed by atoms with Crippen LogP contribution in [0.4, 0.5) is 4.79 Å². The molecular weight excluding hydrogens is 483 g/mol. The van der Waals surface area contributed by atoms with E-state index in [2.05, 4.69) is 10.3 Å². The van der Waals surface area contributed by atoms with Crippen molar-refractivity contribution in [3.63, 3.8) is 0 Å². The second-order valence-electron chi connectivity index (χ2n) is 9.26. The van der Waals surface area contributed by atoms with Crippen molar-refractivity contribution in [1.29, 1.82) is 0 Å². The summed E-state index contributed by atoms with van der Waals surface area (Å²) in [7, 11) is -4.70. The number of alkyl carbamates (subject to hydrolysis) is 1. The molecular formula is C23H32ClN2O7P. The number of amides is 1. The predicted molar refractivity (Wildman–Crippen MR) is 130 cm³/mol. The van der Waals surface area contributed by atoms with E-state index >= 15 is 0 Å². The van der Waals surface area contributed by atoms with E-state index in [1.165, 1.54) is 6.92 Å². The van der Waals surface area contributed by atoms with Gasteiger partial charge in [-0.3, -0.25) is 14.3 Å². The highest BCUT2D eigenvalue weighted by atomic mass is 35.5. The average Bonchev–Trinajstić information content (AvgIpc) is 2.70. The maximum Gasteiger partial charge on any atom is 0.407 e. The highest BCUT2D eigenvalue weighted by Crippen LogP contribution is 2.62. The van der Waals surface area contributed by atoms with Crippen LogP contribution < -0.4 is 5.32 Å². The molecule has 2 aromatic rings. The number of aliphatic carboxylic acids is 1. The van der Waals surface area contributed by atoms with E-state index in [4.69, 9.17) is 16.3 Å². The Kier molecular flexibility index (Phi) is 8.41. The molecule has 1 heterocycles. The smallest absolute Gasteiger partial charge is 0.407 e. The van der Waals surface area contributed by atoms with Crippen molar-refractivity contribution in [2.24, 2.45) is 0 Å². The quantitative estimate of drug-likeness (QED) is 0.347. The van der Waals surface area contributed by atoms with Gasteiger partial charge in [-0.25, -0.2) is 4.79 Å². The fourth-order valence-corrected chi connectivity index (χ4v) is 5.44. The number of carbonyl (C=O) groups excluding carboxylic acids is 1. The first-order chi connectivity index (χ1) is 15.6. The number of nitrogens with zero attached hydrogens (tertiary/aromatic N) is 1. The van der Waals surface area contributed by atoms with E-state index < -0.39 is 36.3 Å². The summed E-state index contributed by atoms with van der Waals surface area (Å²) in [6, 6.07) is 4.79. The van der Waals surface area contributed by atoms with Gasteiger partial charge in [-0.15, -0.1) is 0 Å². The summed E-state index contributed by atoms with van der Waals surface area (Å²) in [5, 5.41) is 11.5. The molecule has 1 unspecified atom stereocenters. The Bertz CT molecular complexity index is 1140. The van der Waals surface area contributed by atoms with Gasteiger partial charge >= 0.3 is 19.7 Å². The molecule has 1 aromatic heterocycles. The first kappa shape index (κ1) is 28.1. The molecule has 0 bridgehead atoms. The predicted octanol–water partition coefficient (Wildman–Crippen LogP) is 5.29. The number of aromatic nitrogens is 1. The molecule has 9 nitrogen and oxygen atoms in total. The molecule has 0 fully saturated rings. The van der Waals surface area contributed by atoms with Crippen LogP contribution in [0.25, 0.3) is 10.9 Å². The maximum absolute atomic E-state index is 12.6. The lowest BCUT2D eigenvalue weighted by Gasteiger charge is -2.35. The highest BCUT2D eigenvalue weighted by molar-refractivity contribution is 7.53. The summed E-state index contributed by atoms with van der Waals surface area (Å²) in [6.45, 7) is 10.0. The van der Waals surface area contributed by atoms with Crippen LogP contribution in [0.1, 0.15) is 77.1 Å². The topological polar surface area (TPSA) is 146 Å². The van der Waals surface area contributed by atoms with E-state index in [1.54, 1.807) is 52.8 Å². The number of fused-ring (bicyclic) bond motifs is 1. The minimum atomic E-state index is -4.70. The van der Waals surface area contributed by atoms with E-state index in [9.17, 15) is 29.0 Å². The van der Waals surface area contributed by atoms with Gasteiger partial charge in [-0.1, -0.05) is 25.4 Å². The molecule has 188 valence electrons. The summed E-state index contributed by atoms with van der Waals surface area (Å²) in [6.07, 6.45) is -0.451. The first-order valence-corrected chi connectivity index (χ1v) is 12.9. The minimum Gasteiger partial charge on any atom is -0.481 e. The van der Waals surface area contributed by atoms with Gasteiger partial charge in [0.25, 0.3) is 0 Å². The molecule has 34 heavy (non-hydrogen) atoms. The Balaban J connectivity index is 2.68. The SMILES string of the molecule is CCC(CC)(c1cc2cc(CNC(=O)OC(C)(C)C)c(Cl)cc2nc1C(C)C(=O)O)P(=O)(O)O. The number of hydrogen-bond donors (Lipinski definition) is 4. The zero-order valence-corrected chi connectivity index (χ0v) is 21.8. The highest BCUT2D eigenvalue weighted by Gasteiger charge is 2.48. The first-order valence-electron chi connectivity index (χ1n) is 10.9. The van der Waals surface area contributed by atoms with Crippen LogP contribution in [-0.4, -0.2) is 37.5 Å². The van der Waals surface area contributed by atoms with Crippen molar-refractivity contribution in [2.75, 3.05) is 0 Å². The second kappa shape index (κ2) is 10.2. The number of benzene rings is 1. The molecule has 0 saturated carbocycles. The van der Waals surface area contributed by atoms with E-state index in [0.29, 0.717) is 21.5 Å². The Labute approximate surface area is 204 Å². The van der Waals surface area contributed by atoms with Crippen molar-refractivity contribution < 1.29 is 33.8 Å². The third-order valence-corrected chi connectivity index (χ3v) is 8.18. The van der Waals surface area contributed by atoms with Crippen LogP contribution >= 0.6 is 19.2 Å². The largest absolute Gasteiger partial charge is 0.481 e. The molecule has 1 aromatic carbocycles. The van der Waals surface area contributed by atoms with Gasteiger partial charge in [0.05, 0.1) is 22.3 Å². The summed E-state index contributed by atoms with van der Waals surface area (Å²) < 4.78 is 17.9. The average molecular weight is 515 g/mol. The molecule has 0 spiro atoms. The second-order valence-corrected chi connectivity index (χ2v) is 11.6. The van der Waals surface area contributed by atoms with Crippen LogP contribution in [0.2, 0.25) is 5.02 Å². The lowest BCUT2D eigenvalue weighted by Crippen LogP contribution is -2.32. The minimum absolute atomic E-state index is 0.0531. The molecule has 11 heteroatoms. The number of halogens is 1. The number of carboxylic acids is 1. The van der Waals surface area contributed by atoms with Crippen LogP contribution in [0.3, 0.4) is 0 Å². The maximum atomic E-state index is 12.6. The number of nitrogens with one attached hydrogen (secondary N) is 1. The zero-order valence-electron chi connectivity index (χ0n) is 20.2. The van der Waals surface area contributed by atoms with Crippen LogP contribution in [0.5, 0.6) is 0 Å². The van der Waals surface area contributed by atoms with Crippen molar-refractivity contribution in [3.8, 4) is 0 Å². The molecule has 1 atom stereocenters. The molecule has 0 aliphatic carbocycles. The molecule has 0 aliphatic heterocycles. The monoisotopic (exact) mass is 514 g/mol. The van der Waals surface area contributed by atoms with Crippen molar-refractivity contribution in [1.82, 2.24) is 10.3 Å². The molecule has 2 rings (SSSR count). The Hall–Kier alpha value is -2.19. The Morgan fingerprint density at radius 2 is 1.76 bits per heavy atom. The fraction of sp³-hybridized carbons (Fsp3) is 0.522. The van der Waals surface area contributed by atoms with Gasteiger partial charge in [-0.2, -0.15) is 0 Å². The van der Waals surface area contributed by atoms with Crippen LogP contribution in [-0.2, 0) is 25.8 Å². The third-order valence-electron chi connectivity index (χ3n) is 5.84. The summed E-state index contributed by atoms with van der Waals surface area (Å²) in [5.74, 6) is -2.26. The van der Waals surface area contributed by atoms with Crippen LogP contribution in [0, 0.1) is 0 Å². The summed E-state index contributed by atoms with van der Waals surface area (Å²) >= 11 is 6.40. The third kappa shape index (κ3) is 5.89. The number of carbonyl (C=O) groups is 2. The number of pyridine rings is 1. The van der Waals surface area contributed by atoms with Gasteiger partial charge in [-0.05, 0) is 69.9 Å². The zero-order chi connectivity index (χ0) is 26.1. The molecule has 0 aliphatic rings. The molecule has 0 saturated heterocycles. The lowest BCUT2D eigenvalue weighted by atomic mass is 9.86. The lowest BCUT2D eigenvalue weighted by molar-refractivity contribution is -0.138. The normalized spacial score (nSPS) is 13.6. The van der Waals surface area contributed by atoms with Crippen molar-refractivity contribution in [2.45, 2.75) is 77.6 Å². The number of hydrogen-bond acceptors (Lipinski definition) is 5. The van der Waals surface area contributed by atoms with E-state index in [1.807, 2.05) is 0 Å². The Morgan fingerprint density at radius 1 is 1.18 bits per heavy atom. The number of ether oxygens (including phenoxy) is 1. The van der Waals surface area contributed by atoms with Crippen LogP contribution in [0.15, 0.2) is 18.2 Å². The summed E-state index contributed by atoms with van der Waals surface area (Å²) in [5.41, 5.74) is 0.537. The van der Waals surface area contributed by atoms with Gasteiger partial charge in [0.2, 0.25) is 0 Å². The molecule has 1 amide bonds. The van der Waals surface area contributed by atoms with E-state index in [-0.39, 0.29) is 30.6 Å². The number of carboxylic acid groups (broad SMARTS) is 1. The van der Waals surface area contributed by atoms with E-state index in [0.717, 1.165) is 0 Å². The van der Waals surface area contributed by atoms with Crippen molar-refractivity contribution in [3.05, 3.63) is 40.0 Å². The van der Waals surface area contributed by atoms with Crippen molar-refractivity contribution >= 4 is 42.2 Å². The standard InChI is InChI=1S/C23H32ClN2O7P/c1-7-23(8-2,34(30,31)32)16-10-14-9-15(12-25-21(29)33-22(4,5)6)17(24)11-18(14)26-19(16)13(3)20(27)28/h9-11,13H,7-8,12H2,1-6H3,(H,25,29)(H,27,28)(H2,30,31,32). The fourth-order valence-electron chi connectivity index (χ4n) is 3.90. The number of rotatable bonds is 8. The Morgan fingerprint density at radius 3 is 2.24 bits per heavy atom. The molecule has 0 radical (unpaired) electrons. The van der Waals surface area contributed by atoms with Gasteiger partial charge in [0.15, 0.2) is 0 Å². The van der Waals surface area contributed by atoms with Gasteiger partial charge in [0.1, 0.15) is 5.60 Å². The summed E-state index contributed by atoms with van der Waals surface area (Å²) in [4.78, 5) is 48.9. The van der Waals surface area contributed by atoms with Gasteiger partial charge < -0.3 is 24.9 Å². The van der Waals surface area contributed by atoms with Gasteiger partial charge in [0, 0.05) is 17.0 Å².